The third-order valence-electron chi connectivity index (χ3n) is 3.71. The number of nitrogens with one attached hydrogen (secondary N) is 1. The van der Waals surface area contributed by atoms with Gasteiger partial charge in [-0.3, -0.25) is 4.79 Å². The minimum Gasteiger partial charge on any atom is -0.497 e. The zero-order valence-electron chi connectivity index (χ0n) is 14.5. The summed E-state index contributed by atoms with van der Waals surface area (Å²) in [5.74, 6) is -0.462. The Bertz CT molecular complexity index is 629. The summed E-state index contributed by atoms with van der Waals surface area (Å²) < 4.78 is 15.1. The van der Waals surface area contributed by atoms with Gasteiger partial charge in [0.15, 0.2) is 6.61 Å². The van der Waals surface area contributed by atoms with Crippen LogP contribution in [0.15, 0.2) is 18.2 Å². The number of hydrogen-bond donors (Lipinski definition) is 1. The Balaban J connectivity index is 2.73. The van der Waals surface area contributed by atoms with Crippen molar-refractivity contribution in [3.8, 4) is 17.6 Å². The molecule has 0 unspecified atom stereocenters. The van der Waals surface area contributed by atoms with E-state index in [4.69, 9.17) is 14.2 Å². The predicted molar refractivity (Wildman–Crippen MR) is 86.8 cm³/mol. The molecular formula is C17H22N2O5. The van der Waals surface area contributed by atoms with E-state index in [0.29, 0.717) is 11.5 Å². The summed E-state index contributed by atoms with van der Waals surface area (Å²) in [5, 5.41) is 11.7. The molecule has 1 aromatic rings. The van der Waals surface area contributed by atoms with E-state index in [1.165, 1.54) is 26.4 Å². The summed E-state index contributed by atoms with van der Waals surface area (Å²) in [6.07, 6.45) is 0. The number of amides is 1. The first-order valence-corrected chi connectivity index (χ1v) is 7.38. The van der Waals surface area contributed by atoms with Gasteiger partial charge in [0.25, 0.3) is 5.91 Å². The molecular weight excluding hydrogens is 312 g/mol. The molecule has 1 N–H and O–H groups in total. The molecule has 0 radical (unpaired) electrons. The van der Waals surface area contributed by atoms with Crippen molar-refractivity contribution >= 4 is 11.9 Å². The molecule has 1 aromatic carbocycles. The number of nitriles is 1. The average Bonchev–Trinajstić information content (AvgIpc) is 2.58. The molecule has 1 rings (SSSR count). The normalized spacial score (nSPS) is 12.7. The van der Waals surface area contributed by atoms with Gasteiger partial charge in [0, 0.05) is 6.07 Å². The first kappa shape index (κ1) is 19.3. The first-order chi connectivity index (χ1) is 11.3. The summed E-state index contributed by atoms with van der Waals surface area (Å²) in [5.41, 5.74) is -0.825. The highest BCUT2D eigenvalue weighted by Gasteiger charge is 2.30. The van der Waals surface area contributed by atoms with Gasteiger partial charge in [-0.25, -0.2) is 4.79 Å². The van der Waals surface area contributed by atoms with Gasteiger partial charge in [0.1, 0.15) is 17.0 Å². The second-order valence-corrected chi connectivity index (χ2v) is 5.69. The Labute approximate surface area is 141 Å². The van der Waals surface area contributed by atoms with E-state index in [2.05, 4.69) is 11.4 Å². The standard InChI is InChI=1S/C17H22N2O5/c1-11(2)17(3,10-18)19-15(20)9-24-16(21)12-6-13(22-4)8-14(7-12)23-5/h6-8,11H,9H2,1-5H3,(H,19,20)/t17-/m1/s1. The summed E-state index contributed by atoms with van der Waals surface area (Å²) in [4.78, 5) is 24.0. The Morgan fingerprint density at radius 1 is 1.21 bits per heavy atom. The van der Waals surface area contributed by atoms with Crippen molar-refractivity contribution in [3.05, 3.63) is 23.8 Å². The number of nitrogens with zero attached hydrogens (tertiary/aromatic N) is 1. The van der Waals surface area contributed by atoms with E-state index < -0.39 is 24.0 Å². The number of carbonyl (C=O) groups excluding carboxylic acids is 2. The van der Waals surface area contributed by atoms with Crippen molar-refractivity contribution in [2.45, 2.75) is 26.3 Å². The van der Waals surface area contributed by atoms with Crippen LogP contribution >= 0.6 is 0 Å². The van der Waals surface area contributed by atoms with E-state index >= 15 is 0 Å². The second-order valence-electron chi connectivity index (χ2n) is 5.69. The average molecular weight is 334 g/mol. The number of esters is 1. The van der Waals surface area contributed by atoms with Crippen LogP contribution in [0.2, 0.25) is 0 Å². The van der Waals surface area contributed by atoms with Crippen molar-refractivity contribution < 1.29 is 23.8 Å². The molecule has 1 amide bonds. The highest BCUT2D eigenvalue weighted by molar-refractivity contribution is 5.92. The summed E-state index contributed by atoms with van der Waals surface area (Å²) in [6.45, 7) is 4.77. The van der Waals surface area contributed by atoms with Crippen LogP contribution in [-0.4, -0.2) is 38.2 Å². The van der Waals surface area contributed by atoms with Gasteiger partial charge in [0.2, 0.25) is 0 Å². The molecule has 0 bridgehead atoms. The van der Waals surface area contributed by atoms with Crippen molar-refractivity contribution in [1.82, 2.24) is 5.32 Å². The Morgan fingerprint density at radius 3 is 2.17 bits per heavy atom. The zero-order chi connectivity index (χ0) is 18.3. The molecule has 0 spiro atoms. The number of hydrogen-bond acceptors (Lipinski definition) is 6. The molecule has 130 valence electrons. The minimum atomic E-state index is -1.03. The van der Waals surface area contributed by atoms with E-state index in [9.17, 15) is 14.9 Å². The number of methoxy groups -OCH3 is 2. The SMILES string of the molecule is COc1cc(OC)cc(C(=O)OCC(=O)N[C@](C)(C#N)C(C)C)c1. The minimum absolute atomic E-state index is 0.0928. The van der Waals surface area contributed by atoms with Crippen LogP contribution in [0.1, 0.15) is 31.1 Å². The van der Waals surface area contributed by atoms with Crippen LogP contribution in [0.5, 0.6) is 11.5 Å². The lowest BCUT2D eigenvalue weighted by Gasteiger charge is -2.27. The molecule has 24 heavy (non-hydrogen) atoms. The summed E-state index contributed by atoms with van der Waals surface area (Å²) in [6, 6.07) is 6.63. The lowest BCUT2D eigenvalue weighted by Crippen LogP contribution is -2.50. The van der Waals surface area contributed by atoms with Crippen LogP contribution < -0.4 is 14.8 Å². The molecule has 1 atom stereocenters. The quantitative estimate of drug-likeness (QED) is 0.765. The lowest BCUT2D eigenvalue weighted by molar-refractivity contribution is -0.125. The Hall–Kier alpha value is -2.75. The number of rotatable bonds is 7. The predicted octanol–water partition coefficient (Wildman–Crippen LogP) is 1.92. The fourth-order valence-corrected chi connectivity index (χ4v) is 1.77. The van der Waals surface area contributed by atoms with E-state index in [1.54, 1.807) is 13.0 Å². The number of carbonyl (C=O) groups is 2. The largest absolute Gasteiger partial charge is 0.497 e. The molecule has 0 fully saturated rings. The lowest BCUT2D eigenvalue weighted by atomic mass is 9.90. The zero-order valence-corrected chi connectivity index (χ0v) is 14.5. The second kappa shape index (κ2) is 8.20. The van der Waals surface area contributed by atoms with Gasteiger partial charge >= 0.3 is 5.97 Å². The molecule has 7 nitrogen and oxygen atoms in total. The monoisotopic (exact) mass is 334 g/mol. The van der Waals surface area contributed by atoms with E-state index in [1.807, 2.05) is 13.8 Å². The van der Waals surface area contributed by atoms with Crippen LogP contribution in [0.4, 0.5) is 0 Å². The Morgan fingerprint density at radius 2 is 1.75 bits per heavy atom. The molecule has 7 heteroatoms. The third kappa shape index (κ3) is 4.88. The number of benzene rings is 1. The maximum Gasteiger partial charge on any atom is 0.338 e. The fourth-order valence-electron chi connectivity index (χ4n) is 1.77. The van der Waals surface area contributed by atoms with Gasteiger partial charge in [-0.1, -0.05) is 13.8 Å². The fraction of sp³-hybridized carbons (Fsp3) is 0.471. The van der Waals surface area contributed by atoms with Crippen molar-refractivity contribution in [2.75, 3.05) is 20.8 Å². The van der Waals surface area contributed by atoms with E-state index in [0.717, 1.165) is 0 Å². The van der Waals surface area contributed by atoms with Crippen molar-refractivity contribution in [1.29, 1.82) is 5.26 Å². The molecule has 0 aromatic heterocycles. The topological polar surface area (TPSA) is 97.7 Å². The van der Waals surface area contributed by atoms with Crippen LogP contribution in [0, 0.1) is 17.2 Å². The molecule has 0 heterocycles. The van der Waals surface area contributed by atoms with Crippen LogP contribution in [0.25, 0.3) is 0 Å². The number of ether oxygens (including phenoxy) is 3. The Kier molecular flexibility index (Phi) is 6.59. The molecule has 0 aliphatic rings. The van der Waals surface area contributed by atoms with Crippen molar-refractivity contribution in [2.24, 2.45) is 5.92 Å². The van der Waals surface area contributed by atoms with Gasteiger partial charge in [-0.2, -0.15) is 5.26 Å². The molecule has 0 saturated heterocycles. The van der Waals surface area contributed by atoms with Crippen LogP contribution in [-0.2, 0) is 9.53 Å². The molecule has 0 saturated carbocycles. The highest BCUT2D eigenvalue weighted by atomic mass is 16.5. The van der Waals surface area contributed by atoms with Gasteiger partial charge in [0.05, 0.1) is 25.9 Å². The highest BCUT2D eigenvalue weighted by Crippen LogP contribution is 2.23. The smallest absolute Gasteiger partial charge is 0.338 e. The first-order valence-electron chi connectivity index (χ1n) is 7.38. The van der Waals surface area contributed by atoms with E-state index in [-0.39, 0.29) is 11.5 Å². The van der Waals surface area contributed by atoms with Gasteiger partial charge in [-0.15, -0.1) is 0 Å². The molecule has 0 aliphatic carbocycles. The third-order valence-corrected chi connectivity index (χ3v) is 3.71. The summed E-state index contributed by atoms with van der Waals surface area (Å²) in [7, 11) is 2.93. The maximum atomic E-state index is 12.1. The van der Waals surface area contributed by atoms with Gasteiger partial charge in [-0.05, 0) is 25.0 Å². The summed E-state index contributed by atoms with van der Waals surface area (Å²) >= 11 is 0. The van der Waals surface area contributed by atoms with Crippen molar-refractivity contribution in [3.63, 3.8) is 0 Å². The maximum absolute atomic E-state index is 12.1. The molecule has 0 aliphatic heterocycles. The van der Waals surface area contributed by atoms with Gasteiger partial charge < -0.3 is 19.5 Å². The van der Waals surface area contributed by atoms with Crippen LogP contribution in [0.3, 0.4) is 0 Å².